The van der Waals surface area contributed by atoms with E-state index in [0.717, 1.165) is 23.9 Å². The predicted octanol–water partition coefficient (Wildman–Crippen LogP) is 1.93. The van der Waals surface area contributed by atoms with Crippen molar-refractivity contribution in [2.24, 2.45) is 0 Å². The molecule has 1 saturated heterocycles. The summed E-state index contributed by atoms with van der Waals surface area (Å²) in [6, 6.07) is 5.23. The van der Waals surface area contributed by atoms with Gasteiger partial charge in [0.1, 0.15) is 0 Å². The number of piperidine rings is 1. The standard InChI is InChI=1S/C18H25N5O2/c1-17(2)8-12(9-18(3,4)23-17)22-16(25)15(24)21-11-5-6-13-14(7-11)20-10-19-13/h5-7,10,12,23H,8-9H2,1-4H3,(H,19,20)(H,21,24)(H,22,25). The van der Waals surface area contributed by atoms with Crippen LogP contribution in [0.25, 0.3) is 11.0 Å². The lowest BCUT2D eigenvalue weighted by Gasteiger charge is -2.46. The zero-order valence-electron chi connectivity index (χ0n) is 15.1. The lowest BCUT2D eigenvalue weighted by molar-refractivity contribution is -0.137. The van der Waals surface area contributed by atoms with Gasteiger partial charge in [0.25, 0.3) is 0 Å². The van der Waals surface area contributed by atoms with Crippen LogP contribution in [0.3, 0.4) is 0 Å². The summed E-state index contributed by atoms with van der Waals surface area (Å²) in [6.07, 6.45) is 3.13. The molecule has 1 aliphatic rings. The number of hydrogen-bond acceptors (Lipinski definition) is 4. The van der Waals surface area contributed by atoms with E-state index in [0.29, 0.717) is 5.69 Å². The molecule has 1 aliphatic heterocycles. The van der Waals surface area contributed by atoms with Crippen molar-refractivity contribution in [1.29, 1.82) is 0 Å². The van der Waals surface area contributed by atoms with E-state index in [1.54, 1.807) is 24.5 Å². The number of aromatic amines is 1. The van der Waals surface area contributed by atoms with Crippen molar-refractivity contribution >= 4 is 28.5 Å². The van der Waals surface area contributed by atoms with Gasteiger partial charge in [-0.1, -0.05) is 0 Å². The van der Waals surface area contributed by atoms with E-state index in [4.69, 9.17) is 0 Å². The van der Waals surface area contributed by atoms with Crippen molar-refractivity contribution in [1.82, 2.24) is 20.6 Å². The Balaban J connectivity index is 1.63. The molecule has 4 N–H and O–H groups in total. The van der Waals surface area contributed by atoms with E-state index in [1.165, 1.54) is 0 Å². The second-order valence-corrected chi connectivity index (χ2v) is 8.06. The summed E-state index contributed by atoms with van der Waals surface area (Å²) in [5, 5.41) is 9.07. The second kappa shape index (κ2) is 6.15. The Morgan fingerprint density at radius 1 is 1.12 bits per heavy atom. The Hall–Kier alpha value is -2.41. The van der Waals surface area contributed by atoms with E-state index in [-0.39, 0.29) is 17.1 Å². The number of carbonyl (C=O) groups excluding carboxylic acids is 2. The number of anilines is 1. The molecule has 3 rings (SSSR count). The number of hydrogen-bond donors (Lipinski definition) is 4. The maximum atomic E-state index is 12.3. The predicted molar refractivity (Wildman–Crippen MR) is 97.2 cm³/mol. The molecule has 2 amide bonds. The topological polar surface area (TPSA) is 98.9 Å². The minimum atomic E-state index is -0.659. The van der Waals surface area contributed by atoms with Crippen LogP contribution in [0.2, 0.25) is 0 Å². The van der Waals surface area contributed by atoms with Gasteiger partial charge in [-0.3, -0.25) is 9.59 Å². The molecular formula is C18H25N5O2. The number of amides is 2. The number of carbonyl (C=O) groups is 2. The molecule has 0 spiro atoms. The monoisotopic (exact) mass is 343 g/mol. The Kier molecular flexibility index (Phi) is 4.28. The number of benzene rings is 1. The van der Waals surface area contributed by atoms with E-state index in [1.807, 2.05) is 0 Å². The Morgan fingerprint density at radius 2 is 1.80 bits per heavy atom. The Morgan fingerprint density at radius 3 is 2.48 bits per heavy atom. The molecule has 0 aliphatic carbocycles. The largest absolute Gasteiger partial charge is 0.345 e. The van der Waals surface area contributed by atoms with Crippen LogP contribution >= 0.6 is 0 Å². The number of H-pyrrole nitrogens is 1. The molecule has 2 aromatic rings. The highest BCUT2D eigenvalue weighted by Crippen LogP contribution is 2.28. The first kappa shape index (κ1) is 17.4. The van der Waals surface area contributed by atoms with Crippen LogP contribution in [0.1, 0.15) is 40.5 Å². The van der Waals surface area contributed by atoms with Crippen molar-refractivity contribution in [3.8, 4) is 0 Å². The molecule has 0 atom stereocenters. The number of fused-ring (bicyclic) bond motifs is 1. The normalized spacial score (nSPS) is 19.5. The number of aromatic nitrogens is 2. The molecule has 0 radical (unpaired) electrons. The molecule has 134 valence electrons. The van der Waals surface area contributed by atoms with E-state index in [9.17, 15) is 9.59 Å². The van der Waals surface area contributed by atoms with E-state index in [2.05, 4.69) is 53.6 Å². The highest BCUT2D eigenvalue weighted by atomic mass is 16.2. The molecule has 0 saturated carbocycles. The van der Waals surface area contributed by atoms with Gasteiger partial charge >= 0.3 is 11.8 Å². The minimum absolute atomic E-state index is 0.0420. The second-order valence-electron chi connectivity index (χ2n) is 8.06. The lowest BCUT2D eigenvalue weighted by atomic mass is 9.79. The number of nitrogens with one attached hydrogen (secondary N) is 4. The van der Waals surface area contributed by atoms with Crippen molar-refractivity contribution < 1.29 is 9.59 Å². The highest BCUT2D eigenvalue weighted by Gasteiger charge is 2.38. The Labute approximate surface area is 147 Å². The van der Waals surface area contributed by atoms with Gasteiger partial charge in [-0.05, 0) is 58.7 Å². The van der Waals surface area contributed by atoms with Gasteiger partial charge in [0.05, 0.1) is 17.4 Å². The fourth-order valence-corrected chi connectivity index (χ4v) is 3.88. The van der Waals surface area contributed by atoms with Crippen molar-refractivity contribution in [2.45, 2.75) is 57.7 Å². The van der Waals surface area contributed by atoms with Gasteiger partial charge in [0.2, 0.25) is 0 Å². The minimum Gasteiger partial charge on any atom is -0.345 e. The highest BCUT2D eigenvalue weighted by molar-refractivity contribution is 6.39. The smallest absolute Gasteiger partial charge is 0.313 e. The van der Waals surface area contributed by atoms with Gasteiger partial charge in [0, 0.05) is 22.8 Å². The maximum Gasteiger partial charge on any atom is 0.313 e. The third kappa shape index (κ3) is 4.17. The summed E-state index contributed by atoms with van der Waals surface area (Å²) >= 11 is 0. The zero-order valence-corrected chi connectivity index (χ0v) is 15.1. The van der Waals surface area contributed by atoms with Crippen LogP contribution in [-0.4, -0.2) is 38.9 Å². The first-order chi connectivity index (χ1) is 11.6. The molecule has 1 aromatic heterocycles. The zero-order chi connectivity index (χ0) is 18.2. The lowest BCUT2D eigenvalue weighted by Crippen LogP contribution is -2.62. The molecule has 0 bridgehead atoms. The van der Waals surface area contributed by atoms with Gasteiger partial charge < -0.3 is 20.9 Å². The Bertz CT molecular complexity index is 793. The van der Waals surface area contributed by atoms with Crippen LogP contribution in [0.5, 0.6) is 0 Å². The molecule has 2 heterocycles. The van der Waals surface area contributed by atoms with E-state index >= 15 is 0 Å². The molecule has 25 heavy (non-hydrogen) atoms. The van der Waals surface area contributed by atoms with Gasteiger partial charge in [-0.25, -0.2) is 4.98 Å². The van der Waals surface area contributed by atoms with Gasteiger partial charge in [-0.15, -0.1) is 0 Å². The number of rotatable bonds is 2. The quantitative estimate of drug-likeness (QED) is 0.626. The van der Waals surface area contributed by atoms with Crippen LogP contribution in [0.15, 0.2) is 24.5 Å². The van der Waals surface area contributed by atoms with E-state index < -0.39 is 11.8 Å². The molecule has 0 unspecified atom stereocenters. The van der Waals surface area contributed by atoms with Crippen LogP contribution in [0, 0.1) is 0 Å². The number of nitrogens with zero attached hydrogens (tertiary/aromatic N) is 1. The molecular weight excluding hydrogens is 318 g/mol. The SMILES string of the molecule is CC1(C)CC(NC(=O)C(=O)Nc2ccc3nc[nH]c3c2)CC(C)(C)N1. The average molecular weight is 343 g/mol. The average Bonchev–Trinajstić information content (AvgIpc) is 2.91. The van der Waals surface area contributed by atoms with Crippen molar-refractivity contribution in [3.63, 3.8) is 0 Å². The van der Waals surface area contributed by atoms with Gasteiger partial charge in [0.15, 0.2) is 0 Å². The summed E-state index contributed by atoms with van der Waals surface area (Å²) in [6.45, 7) is 8.42. The summed E-state index contributed by atoms with van der Waals surface area (Å²) in [7, 11) is 0. The number of imidazole rings is 1. The summed E-state index contributed by atoms with van der Waals surface area (Å²) < 4.78 is 0. The third-order valence-electron chi connectivity index (χ3n) is 4.41. The summed E-state index contributed by atoms with van der Waals surface area (Å²) in [4.78, 5) is 31.6. The molecule has 7 nitrogen and oxygen atoms in total. The van der Waals surface area contributed by atoms with Crippen LogP contribution in [-0.2, 0) is 9.59 Å². The molecule has 7 heteroatoms. The first-order valence-corrected chi connectivity index (χ1v) is 8.48. The molecule has 1 aromatic carbocycles. The summed E-state index contributed by atoms with van der Waals surface area (Å²) in [5.74, 6) is -1.27. The third-order valence-corrected chi connectivity index (χ3v) is 4.41. The molecule has 1 fully saturated rings. The van der Waals surface area contributed by atoms with Crippen LogP contribution in [0.4, 0.5) is 5.69 Å². The van der Waals surface area contributed by atoms with Crippen molar-refractivity contribution in [2.75, 3.05) is 5.32 Å². The van der Waals surface area contributed by atoms with Gasteiger partial charge in [-0.2, -0.15) is 0 Å². The summed E-state index contributed by atoms with van der Waals surface area (Å²) in [5.41, 5.74) is 1.98. The fraction of sp³-hybridized carbons (Fsp3) is 0.500. The first-order valence-electron chi connectivity index (χ1n) is 8.48. The maximum absolute atomic E-state index is 12.3. The van der Waals surface area contributed by atoms with Crippen LogP contribution < -0.4 is 16.0 Å². The fourth-order valence-electron chi connectivity index (χ4n) is 3.88. The van der Waals surface area contributed by atoms with Crippen molar-refractivity contribution in [3.05, 3.63) is 24.5 Å².